The summed E-state index contributed by atoms with van der Waals surface area (Å²) in [6.07, 6.45) is 4.01. The summed E-state index contributed by atoms with van der Waals surface area (Å²) in [5.74, 6) is 0. The molecule has 1 rings (SSSR count). The van der Waals surface area contributed by atoms with Crippen LogP contribution in [0.2, 0.25) is 0 Å². The molecule has 1 heterocycles. The molecule has 110 valence electrons. The lowest BCUT2D eigenvalue weighted by molar-refractivity contribution is 0.0913. The van der Waals surface area contributed by atoms with E-state index in [0.717, 1.165) is 26.1 Å². The van der Waals surface area contributed by atoms with Crippen LogP contribution in [0.15, 0.2) is 12.4 Å². The predicted octanol–water partition coefficient (Wildman–Crippen LogP) is 0.0998. The summed E-state index contributed by atoms with van der Waals surface area (Å²) in [5, 5.41) is 14.2. The van der Waals surface area contributed by atoms with E-state index in [0.29, 0.717) is 18.8 Å². The van der Waals surface area contributed by atoms with E-state index in [1.54, 1.807) is 17.1 Å². The van der Waals surface area contributed by atoms with Gasteiger partial charge in [-0.05, 0) is 27.1 Å². The number of rotatable bonds is 9. The number of anilines is 1. The lowest BCUT2D eigenvalue weighted by atomic mass is 10.3. The minimum absolute atomic E-state index is 0.423. The summed E-state index contributed by atoms with van der Waals surface area (Å²) in [5.41, 5.74) is 6.23. The van der Waals surface area contributed by atoms with Gasteiger partial charge in [0.15, 0.2) is 0 Å². The molecule has 0 saturated carbocycles. The van der Waals surface area contributed by atoms with Crippen molar-refractivity contribution in [1.29, 1.82) is 0 Å². The fourth-order valence-corrected chi connectivity index (χ4v) is 2.00. The Kier molecular flexibility index (Phi) is 6.83. The number of aromatic nitrogens is 2. The molecule has 3 N–H and O–H groups in total. The Morgan fingerprint density at radius 1 is 1.37 bits per heavy atom. The lowest BCUT2D eigenvalue weighted by Crippen LogP contribution is -2.39. The third kappa shape index (κ3) is 6.56. The first-order valence-corrected chi connectivity index (χ1v) is 6.84. The third-order valence-electron chi connectivity index (χ3n) is 2.92. The van der Waals surface area contributed by atoms with Gasteiger partial charge in [-0.3, -0.25) is 9.58 Å². The van der Waals surface area contributed by atoms with Gasteiger partial charge in [-0.1, -0.05) is 6.92 Å². The monoisotopic (exact) mass is 269 g/mol. The van der Waals surface area contributed by atoms with Crippen LogP contribution in [0, 0.1) is 0 Å². The Balaban J connectivity index is 2.39. The molecule has 6 heteroatoms. The van der Waals surface area contributed by atoms with Crippen LogP contribution in [-0.2, 0) is 6.54 Å². The van der Waals surface area contributed by atoms with E-state index in [1.165, 1.54) is 0 Å². The molecule has 0 radical (unpaired) electrons. The van der Waals surface area contributed by atoms with Gasteiger partial charge < -0.3 is 15.7 Å². The Hall–Kier alpha value is -1.11. The van der Waals surface area contributed by atoms with Crippen LogP contribution in [0.1, 0.15) is 13.3 Å². The fourth-order valence-electron chi connectivity index (χ4n) is 2.00. The SMILES string of the molecule is CCCN(CCN(C)C)CC(O)Cn1cc(N)cn1. The van der Waals surface area contributed by atoms with E-state index in [-0.39, 0.29) is 0 Å². The van der Waals surface area contributed by atoms with Crippen molar-refractivity contribution in [3.05, 3.63) is 12.4 Å². The molecule has 1 unspecified atom stereocenters. The zero-order chi connectivity index (χ0) is 14.3. The zero-order valence-electron chi connectivity index (χ0n) is 12.3. The highest BCUT2D eigenvalue weighted by molar-refractivity contribution is 5.30. The molecule has 6 nitrogen and oxygen atoms in total. The minimum Gasteiger partial charge on any atom is -0.396 e. The Bertz CT molecular complexity index is 353. The van der Waals surface area contributed by atoms with Crippen molar-refractivity contribution in [1.82, 2.24) is 19.6 Å². The smallest absolute Gasteiger partial charge is 0.0862 e. The number of hydrogen-bond acceptors (Lipinski definition) is 5. The summed E-state index contributed by atoms with van der Waals surface area (Å²) in [7, 11) is 4.13. The van der Waals surface area contributed by atoms with Crippen molar-refractivity contribution < 1.29 is 5.11 Å². The molecule has 0 bridgehead atoms. The summed E-state index contributed by atoms with van der Waals surface area (Å²) in [6, 6.07) is 0. The van der Waals surface area contributed by atoms with Crippen molar-refractivity contribution in [2.24, 2.45) is 0 Å². The molecule has 1 aromatic heterocycles. The number of likely N-dealkylation sites (N-methyl/N-ethyl adjacent to an activating group) is 1. The number of aliphatic hydroxyl groups excluding tert-OH is 1. The average molecular weight is 269 g/mol. The maximum absolute atomic E-state index is 10.1. The van der Waals surface area contributed by atoms with Crippen LogP contribution in [0.3, 0.4) is 0 Å². The maximum atomic E-state index is 10.1. The van der Waals surface area contributed by atoms with Crippen LogP contribution in [0.5, 0.6) is 0 Å². The second-order valence-corrected chi connectivity index (χ2v) is 5.25. The molecule has 0 saturated heterocycles. The Labute approximate surface area is 115 Å². The van der Waals surface area contributed by atoms with Gasteiger partial charge in [0.05, 0.1) is 24.5 Å². The molecule has 19 heavy (non-hydrogen) atoms. The Morgan fingerprint density at radius 3 is 2.63 bits per heavy atom. The van der Waals surface area contributed by atoms with E-state index in [4.69, 9.17) is 5.73 Å². The molecule has 0 aromatic carbocycles. The zero-order valence-corrected chi connectivity index (χ0v) is 12.3. The molecular formula is C13H27N5O. The van der Waals surface area contributed by atoms with Gasteiger partial charge >= 0.3 is 0 Å². The maximum Gasteiger partial charge on any atom is 0.0862 e. The molecule has 0 amide bonds. The van der Waals surface area contributed by atoms with Crippen LogP contribution in [-0.4, -0.2) is 71.1 Å². The van der Waals surface area contributed by atoms with Crippen LogP contribution < -0.4 is 5.73 Å². The topological polar surface area (TPSA) is 70.5 Å². The van der Waals surface area contributed by atoms with E-state index < -0.39 is 6.10 Å². The van der Waals surface area contributed by atoms with Gasteiger partial charge in [0, 0.05) is 25.8 Å². The summed E-state index contributed by atoms with van der Waals surface area (Å²) in [4.78, 5) is 4.45. The highest BCUT2D eigenvalue weighted by atomic mass is 16.3. The van der Waals surface area contributed by atoms with E-state index in [1.807, 2.05) is 0 Å². The molecule has 0 aliphatic carbocycles. The van der Waals surface area contributed by atoms with Crippen LogP contribution >= 0.6 is 0 Å². The first-order chi connectivity index (χ1) is 9.01. The Morgan fingerprint density at radius 2 is 2.11 bits per heavy atom. The van der Waals surface area contributed by atoms with E-state index in [9.17, 15) is 5.11 Å². The standard InChI is InChI=1S/C13H27N5O/c1-4-5-17(7-6-16(2)3)10-13(19)11-18-9-12(14)8-15-18/h8-9,13,19H,4-7,10-11,14H2,1-3H3. The number of nitrogens with two attached hydrogens (primary N) is 1. The first kappa shape index (κ1) is 15.9. The lowest BCUT2D eigenvalue weighted by Gasteiger charge is -2.26. The number of nitrogen functional groups attached to an aromatic ring is 1. The largest absolute Gasteiger partial charge is 0.396 e. The van der Waals surface area contributed by atoms with Crippen molar-refractivity contribution >= 4 is 5.69 Å². The molecule has 0 fully saturated rings. The molecular weight excluding hydrogens is 242 g/mol. The first-order valence-electron chi connectivity index (χ1n) is 6.84. The van der Waals surface area contributed by atoms with Gasteiger partial charge in [0.2, 0.25) is 0 Å². The second kappa shape index (κ2) is 8.14. The molecule has 0 spiro atoms. The van der Waals surface area contributed by atoms with Gasteiger partial charge in [-0.2, -0.15) is 5.10 Å². The fraction of sp³-hybridized carbons (Fsp3) is 0.769. The summed E-state index contributed by atoms with van der Waals surface area (Å²) in [6.45, 7) is 6.29. The normalized spacial score (nSPS) is 13.4. The minimum atomic E-state index is -0.423. The quantitative estimate of drug-likeness (QED) is 0.665. The molecule has 1 atom stereocenters. The summed E-state index contributed by atoms with van der Waals surface area (Å²) < 4.78 is 1.69. The average Bonchev–Trinajstić information content (AvgIpc) is 2.71. The van der Waals surface area contributed by atoms with E-state index in [2.05, 4.69) is 35.9 Å². The van der Waals surface area contributed by atoms with Crippen LogP contribution in [0.4, 0.5) is 5.69 Å². The number of hydrogen-bond donors (Lipinski definition) is 2. The van der Waals surface area contributed by atoms with Gasteiger partial charge in [-0.15, -0.1) is 0 Å². The van der Waals surface area contributed by atoms with E-state index >= 15 is 0 Å². The van der Waals surface area contributed by atoms with Crippen molar-refractivity contribution in [2.75, 3.05) is 46.0 Å². The van der Waals surface area contributed by atoms with Crippen molar-refractivity contribution in [2.45, 2.75) is 26.0 Å². The van der Waals surface area contributed by atoms with Crippen molar-refractivity contribution in [3.63, 3.8) is 0 Å². The highest BCUT2D eigenvalue weighted by Crippen LogP contribution is 2.02. The summed E-state index contributed by atoms with van der Waals surface area (Å²) >= 11 is 0. The highest BCUT2D eigenvalue weighted by Gasteiger charge is 2.12. The van der Waals surface area contributed by atoms with Crippen LogP contribution in [0.25, 0.3) is 0 Å². The second-order valence-electron chi connectivity index (χ2n) is 5.25. The molecule has 1 aromatic rings. The third-order valence-corrected chi connectivity index (χ3v) is 2.92. The number of aliphatic hydroxyl groups is 1. The van der Waals surface area contributed by atoms with Gasteiger partial charge in [-0.25, -0.2) is 0 Å². The predicted molar refractivity (Wildman–Crippen MR) is 77.9 cm³/mol. The van der Waals surface area contributed by atoms with Gasteiger partial charge in [0.1, 0.15) is 0 Å². The number of nitrogens with zero attached hydrogens (tertiary/aromatic N) is 4. The molecule has 0 aliphatic rings. The van der Waals surface area contributed by atoms with Crippen molar-refractivity contribution in [3.8, 4) is 0 Å². The van der Waals surface area contributed by atoms with Gasteiger partial charge in [0.25, 0.3) is 0 Å². The molecule has 0 aliphatic heterocycles.